The van der Waals surface area contributed by atoms with Gasteiger partial charge < -0.3 is 0 Å². The number of nitrogens with two attached hydrogens (primary N) is 1. The Balaban J connectivity index is 2.34. The first-order valence-electron chi connectivity index (χ1n) is 4.54. The van der Waals surface area contributed by atoms with Gasteiger partial charge in [0, 0.05) is 18.6 Å². The van der Waals surface area contributed by atoms with Crippen LogP contribution in [0.3, 0.4) is 0 Å². The third-order valence-electron chi connectivity index (χ3n) is 2.09. The molecule has 0 radical (unpaired) electrons. The Labute approximate surface area is 87.4 Å². The highest BCUT2D eigenvalue weighted by atomic mass is 15.2. The van der Waals surface area contributed by atoms with Crippen LogP contribution in [-0.4, -0.2) is 15.0 Å². The van der Waals surface area contributed by atoms with E-state index in [9.17, 15) is 0 Å². The normalized spacial score (nSPS) is 12.3. The number of pyridine rings is 1. The molecule has 5 nitrogen and oxygen atoms in total. The van der Waals surface area contributed by atoms with E-state index in [4.69, 9.17) is 5.84 Å². The van der Waals surface area contributed by atoms with Crippen molar-refractivity contribution in [2.24, 2.45) is 5.84 Å². The van der Waals surface area contributed by atoms with Crippen LogP contribution in [0.2, 0.25) is 0 Å². The van der Waals surface area contributed by atoms with Gasteiger partial charge in [0.25, 0.3) is 0 Å². The van der Waals surface area contributed by atoms with Crippen LogP contribution in [0.5, 0.6) is 0 Å². The van der Waals surface area contributed by atoms with Crippen LogP contribution in [-0.2, 0) is 0 Å². The van der Waals surface area contributed by atoms with Crippen molar-refractivity contribution in [3.63, 3.8) is 0 Å². The molecule has 2 aromatic rings. The second-order valence-electron chi connectivity index (χ2n) is 3.02. The van der Waals surface area contributed by atoms with Gasteiger partial charge in [-0.1, -0.05) is 6.07 Å². The van der Waals surface area contributed by atoms with Crippen molar-refractivity contribution in [2.45, 2.75) is 6.04 Å². The molecule has 2 heterocycles. The minimum absolute atomic E-state index is 0.151. The van der Waals surface area contributed by atoms with E-state index in [1.54, 1.807) is 18.6 Å². The lowest BCUT2D eigenvalue weighted by atomic mass is 10.1. The lowest BCUT2D eigenvalue weighted by Crippen LogP contribution is -2.29. The van der Waals surface area contributed by atoms with Gasteiger partial charge in [0.15, 0.2) is 0 Å². The third kappa shape index (κ3) is 2.15. The molecule has 0 saturated heterocycles. The van der Waals surface area contributed by atoms with Crippen molar-refractivity contribution in [3.8, 4) is 0 Å². The van der Waals surface area contributed by atoms with E-state index in [1.165, 1.54) is 6.33 Å². The first-order chi connectivity index (χ1) is 7.42. The monoisotopic (exact) mass is 201 g/mol. The summed E-state index contributed by atoms with van der Waals surface area (Å²) in [7, 11) is 0. The molecule has 2 rings (SSSR count). The molecular formula is C10H11N5. The summed E-state index contributed by atoms with van der Waals surface area (Å²) in [5.41, 5.74) is 4.50. The highest BCUT2D eigenvalue weighted by Gasteiger charge is 2.12. The second-order valence-corrected chi connectivity index (χ2v) is 3.02. The van der Waals surface area contributed by atoms with Crippen molar-refractivity contribution in [2.75, 3.05) is 0 Å². The topological polar surface area (TPSA) is 76.7 Å². The quantitative estimate of drug-likeness (QED) is 0.556. The minimum Gasteiger partial charge on any atom is -0.271 e. The van der Waals surface area contributed by atoms with Crippen LogP contribution in [0.15, 0.2) is 43.1 Å². The number of hydrogen-bond donors (Lipinski definition) is 2. The minimum atomic E-state index is -0.151. The molecule has 0 fully saturated rings. The van der Waals surface area contributed by atoms with Crippen molar-refractivity contribution in [3.05, 3.63) is 54.4 Å². The maximum Gasteiger partial charge on any atom is 0.115 e. The van der Waals surface area contributed by atoms with Crippen molar-refractivity contribution in [1.29, 1.82) is 0 Å². The average Bonchev–Trinajstić information content (AvgIpc) is 2.33. The number of nitrogens with one attached hydrogen (secondary N) is 1. The lowest BCUT2D eigenvalue weighted by molar-refractivity contribution is 0.617. The molecular weight excluding hydrogens is 190 g/mol. The van der Waals surface area contributed by atoms with Gasteiger partial charge in [0.2, 0.25) is 0 Å². The maximum atomic E-state index is 5.50. The largest absolute Gasteiger partial charge is 0.271 e. The SMILES string of the molecule is NNC(c1cccnc1)c1ccncn1. The molecule has 0 aliphatic heterocycles. The summed E-state index contributed by atoms with van der Waals surface area (Å²) in [6.45, 7) is 0. The number of hydrazine groups is 1. The number of hydrogen-bond acceptors (Lipinski definition) is 5. The molecule has 2 aromatic heterocycles. The van der Waals surface area contributed by atoms with E-state index in [0.717, 1.165) is 11.3 Å². The van der Waals surface area contributed by atoms with Crippen LogP contribution in [0.4, 0.5) is 0 Å². The third-order valence-corrected chi connectivity index (χ3v) is 2.09. The van der Waals surface area contributed by atoms with Crippen LogP contribution in [0.25, 0.3) is 0 Å². The van der Waals surface area contributed by atoms with Crippen LogP contribution >= 0.6 is 0 Å². The Morgan fingerprint density at radius 1 is 1.20 bits per heavy atom. The van der Waals surface area contributed by atoms with Crippen molar-refractivity contribution < 1.29 is 0 Å². The van der Waals surface area contributed by atoms with E-state index >= 15 is 0 Å². The number of nitrogens with zero attached hydrogens (tertiary/aromatic N) is 3. The summed E-state index contributed by atoms with van der Waals surface area (Å²) in [6, 6.07) is 5.47. The number of aromatic nitrogens is 3. The van der Waals surface area contributed by atoms with E-state index < -0.39 is 0 Å². The van der Waals surface area contributed by atoms with Gasteiger partial charge in [0.05, 0.1) is 11.7 Å². The van der Waals surface area contributed by atoms with Crippen LogP contribution in [0.1, 0.15) is 17.3 Å². The maximum absolute atomic E-state index is 5.50. The fraction of sp³-hybridized carbons (Fsp3) is 0.100. The molecule has 1 atom stereocenters. The molecule has 0 saturated carbocycles. The van der Waals surface area contributed by atoms with E-state index in [2.05, 4.69) is 20.4 Å². The highest BCUT2D eigenvalue weighted by molar-refractivity contribution is 5.23. The molecule has 76 valence electrons. The van der Waals surface area contributed by atoms with E-state index in [-0.39, 0.29) is 6.04 Å². The molecule has 0 bridgehead atoms. The summed E-state index contributed by atoms with van der Waals surface area (Å²) < 4.78 is 0. The second kappa shape index (κ2) is 4.59. The van der Waals surface area contributed by atoms with Crippen molar-refractivity contribution in [1.82, 2.24) is 20.4 Å². The zero-order valence-electron chi connectivity index (χ0n) is 8.04. The van der Waals surface area contributed by atoms with Crippen LogP contribution < -0.4 is 11.3 Å². The summed E-state index contributed by atoms with van der Waals surface area (Å²) in [5, 5.41) is 0. The van der Waals surface area contributed by atoms with Gasteiger partial charge in [-0.25, -0.2) is 15.4 Å². The molecule has 3 N–H and O–H groups in total. The van der Waals surface area contributed by atoms with Crippen LogP contribution in [0, 0.1) is 0 Å². The summed E-state index contributed by atoms with van der Waals surface area (Å²) in [6.07, 6.45) is 6.66. The molecule has 1 unspecified atom stereocenters. The molecule has 5 heteroatoms. The van der Waals surface area contributed by atoms with E-state index in [0.29, 0.717) is 0 Å². The molecule has 0 spiro atoms. The standard InChI is InChI=1S/C10H11N5/c11-15-10(8-2-1-4-12-6-8)9-3-5-13-7-14-9/h1-7,10,15H,11H2. The van der Waals surface area contributed by atoms with Gasteiger partial charge in [-0.05, 0) is 17.7 Å². The molecule has 0 amide bonds. The van der Waals surface area contributed by atoms with Gasteiger partial charge >= 0.3 is 0 Å². The van der Waals surface area contributed by atoms with Gasteiger partial charge in [-0.15, -0.1) is 0 Å². The van der Waals surface area contributed by atoms with E-state index in [1.807, 2.05) is 18.2 Å². The Morgan fingerprint density at radius 3 is 2.73 bits per heavy atom. The smallest absolute Gasteiger partial charge is 0.115 e. The van der Waals surface area contributed by atoms with Gasteiger partial charge in [-0.2, -0.15) is 0 Å². The fourth-order valence-corrected chi connectivity index (χ4v) is 1.37. The molecule has 15 heavy (non-hydrogen) atoms. The zero-order valence-corrected chi connectivity index (χ0v) is 8.04. The first kappa shape index (κ1) is 9.70. The number of rotatable bonds is 3. The van der Waals surface area contributed by atoms with Gasteiger partial charge in [0.1, 0.15) is 6.33 Å². The Kier molecular flexibility index (Phi) is 2.96. The molecule has 0 aliphatic carbocycles. The zero-order chi connectivity index (χ0) is 10.5. The summed E-state index contributed by atoms with van der Waals surface area (Å²) >= 11 is 0. The molecule has 0 aromatic carbocycles. The Hall–Kier alpha value is -1.85. The van der Waals surface area contributed by atoms with Crippen molar-refractivity contribution >= 4 is 0 Å². The summed E-state index contributed by atoms with van der Waals surface area (Å²) in [4.78, 5) is 12.0. The fourth-order valence-electron chi connectivity index (χ4n) is 1.37. The Morgan fingerprint density at radius 2 is 2.13 bits per heavy atom. The predicted octanol–water partition coefficient (Wildman–Crippen LogP) is 0.424. The Bertz CT molecular complexity index is 363. The predicted molar refractivity (Wildman–Crippen MR) is 55.4 cm³/mol. The van der Waals surface area contributed by atoms with Gasteiger partial charge in [-0.3, -0.25) is 10.8 Å². The first-order valence-corrected chi connectivity index (χ1v) is 4.54. The molecule has 0 aliphatic rings. The summed E-state index contributed by atoms with van der Waals surface area (Å²) in [5.74, 6) is 5.50. The average molecular weight is 201 g/mol. The lowest BCUT2D eigenvalue weighted by Gasteiger charge is -2.14. The highest BCUT2D eigenvalue weighted by Crippen LogP contribution is 2.16.